The van der Waals surface area contributed by atoms with Gasteiger partial charge in [0.05, 0.1) is 6.61 Å². The van der Waals surface area contributed by atoms with Crippen molar-refractivity contribution in [2.75, 3.05) is 13.2 Å². The lowest BCUT2D eigenvalue weighted by Gasteiger charge is -2.06. The Hall–Kier alpha value is -1.55. The Morgan fingerprint density at radius 1 is 1.33 bits per heavy atom. The Labute approximate surface area is 88.7 Å². The molecule has 2 aromatic heterocycles. The molecule has 0 radical (unpaired) electrons. The van der Waals surface area contributed by atoms with Gasteiger partial charge in [0.25, 0.3) is 0 Å². The lowest BCUT2D eigenvalue weighted by atomic mass is 10.3. The molecule has 80 valence electrons. The number of aromatic nitrogens is 2. The average Bonchev–Trinajstić information content (AvgIpc) is 2.73. The number of hydrogen-bond acceptors (Lipinski definition) is 3. The van der Waals surface area contributed by atoms with E-state index in [4.69, 9.17) is 10.5 Å². The van der Waals surface area contributed by atoms with E-state index in [9.17, 15) is 0 Å². The first-order valence-electron chi connectivity index (χ1n) is 5.16. The fourth-order valence-electron chi connectivity index (χ4n) is 1.46. The van der Waals surface area contributed by atoms with Crippen molar-refractivity contribution in [2.45, 2.75) is 12.8 Å². The molecule has 0 aliphatic rings. The van der Waals surface area contributed by atoms with Gasteiger partial charge in [0.2, 0.25) is 0 Å². The molecule has 0 unspecified atom stereocenters. The zero-order valence-electron chi connectivity index (χ0n) is 8.60. The van der Waals surface area contributed by atoms with Crippen LogP contribution in [-0.2, 0) is 0 Å². The van der Waals surface area contributed by atoms with Gasteiger partial charge in [0.15, 0.2) is 11.4 Å². The van der Waals surface area contributed by atoms with E-state index < -0.39 is 0 Å². The summed E-state index contributed by atoms with van der Waals surface area (Å²) < 4.78 is 7.58. The summed E-state index contributed by atoms with van der Waals surface area (Å²) in [6.07, 6.45) is 7.61. The molecule has 0 aliphatic heterocycles. The maximum atomic E-state index is 5.64. The van der Waals surface area contributed by atoms with E-state index in [1.165, 1.54) is 0 Å². The fourth-order valence-corrected chi connectivity index (χ4v) is 1.46. The number of ether oxygens (including phenoxy) is 1. The van der Waals surface area contributed by atoms with Crippen molar-refractivity contribution in [3.05, 3.63) is 30.7 Å². The van der Waals surface area contributed by atoms with Crippen LogP contribution in [0.1, 0.15) is 12.8 Å². The van der Waals surface area contributed by atoms with Crippen molar-refractivity contribution in [2.24, 2.45) is 5.73 Å². The Kier molecular flexibility index (Phi) is 3.19. The number of unbranched alkanes of at least 4 members (excludes halogenated alkanes) is 1. The van der Waals surface area contributed by atoms with E-state index in [-0.39, 0.29) is 0 Å². The van der Waals surface area contributed by atoms with Gasteiger partial charge in [-0.15, -0.1) is 0 Å². The third-order valence-electron chi connectivity index (χ3n) is 2.24. The highest BCUT2D eigenvalue weighted by Crippen LogP contribution is 2.17. The molecule has 0 spiro atoms. The van der Waals surface area contributed by atoms with Gasteiger partial charge in [-0.05, 0) is 31.5 Å². The van der Waals surface area contributed by atoms with E-state index in [2.05, 4.69) is 4.98 Å². The molecule has 2 aromatic rings. The second-order valence-corrected chi connectivity index (χ2v) is 3.37. The van der Waals surface area contributed by atoms with Gasteiger partial charge in [0, 0.05) is 18.6 Å². The summed E-state index contributed by atoms with van der Waals surface area (Å²) in [5.41, 5.74) is 6.28. The summed E-state index contributed by atoms with van der Waals surface area (Å²) in [4.78, 5) is 4.23. The number of imidazole rings is 1. The molecule has 4 heteroatoms. The van der Waals surface area contributed by atoms with Crippen LogP contribution in [-0.4, -0.2) is 22.5 Å². The Balaban J connectivity index is 2.04. The Morgan fingerprint density at radius 3 is 3.13 bits per heavy atom. The summed E-state index contributed by atoms with van der Waals surface area (Å²) in [5.74, 6) is 0.833. The van der Waals surface area contributed by atoms with Crippen molar-refractivity contribution in [3.8, 4) is 5.75 Å². The molecule has 0 atom stereocenters. The molecule has 0 aliphatic carbocycles. The van der Waals surface area contributed by atoms with Gasteiger partial charge in [0.1, 0.15) is 0 Å². The van der Waals surface area contributed by atoms with Crippen LogP contribution in [0.4, 0.5) is 0 Å². The number of nitrogens with zero attached hydrogens (tertiary/aromatic N) is 2. The van der Waals surface area contributed by atoms with Gasteiger partial charge < -0.3 is 14.9 Å². The summed E-state index contributed by atoms with van der Waals surface area (Å²) in [6.45, 7) is 1.42. The van der Waals surface area contributed by atoms with E-state index >= 15 is 0 Å². The van der Waals surface area contributed by atoms with Gasteiger partial charge in [-0.3, -0.25) is 0 Å². The molecule has 0 saturated heterocycles. The van der Waals surface area contributed by atoms with Crippen molar-refractivity contribution >= 4 is 5.65 Å². The van der Waals surface area contributed by atoms with Crippen molar-refractivity contribution < 1.29 is 4.74 Å². The first-order valence-corrected chi connectivity index (χ1v) is 5.16. The van der Waals surface area contributed by atoms with Crippen LogP contribution in [0.3, 0.4) is 0 Å². The molecule has 4 nitrogen and oxygen atoms in total. The topological polar surface area (TPSA) is 52.5 Å². The molecule has 2 heterocycles. The van der Waals surface area contributed by atoms with Crippen LogP contribution in [0.5, 0.6) is 5.75 Å². The molecule has 0 aromatic carbocycles. The van der Waals surface area contributed by atoms with Crippen LogP contribution >= 0.6 is 0 Å². The molecule has 0 amide bonds. The van der Waals surface area contributed by atoms with Crippen molar-refractivity contribution in [3.63, 3.8) is 0 Å². The lowest BCUT2D eigenvalue weighted by Crippen LogP contribution is -2.04. The second-order valence-electron chi connectivity index (χ2n) is 3.37. The summed E-state index contributed by atoms with van der Waals surface area (Å²) in [5, 5.41) is 0. The monoisotopic (exact) mass is 205 g/mol. The standard InChI is InChI=1S/C11H15N3O/c12-5-1-2-9-15-10-4-3-7-14-8-6-13-11(10)14/h3-4,6-8H,1-2,5,9,12H2. The number of pyridine rings is 1. The van der Waals surface area contributed by atoms with E-state index in [0.717, 1.165) is 30.8 Å². The molecule has 2 N–H and O–H groups in total. The largest absolute Gasteiger partial charge is 0.490 e. The second kappa shape index (κ2) is 4.79. The van der Waals surface area contributed by atoms with Crippen LogP contribution in [0.2, 0.25) is 0 Å². The maximum Gasteiger partial charge on any atom is 0.179 e. The third kappa shape index (κ3) is 2.27. The number of hydrogen-bond donors (Lipinski definition) is 1. The van der Waals surface area contributed by atoms with E-state index in [0.29, 0.717) is 6.61 Å². The average molecular weight is 205 g/mol. The normalized spacial score (nSPS) is 10.7. The number of fused-ring (bicyclic) bond motifs is 1. The highest BCUT2D eigenvalue weighted by atomic mass is 16.5. The Bertz CT molecular complexity index is 424. The van der Waals surface area contributed by atoms with Crippen molar-refractivity contribution in [1.82, 2.24) is 9.38 Å². The van der Waals surface area contributed by atoms with Crippen LogP contribution in [0.25, 0.3) is 5.65 Å². The van der Waals surface area contributed by atoms with Crippen molar-refractivity contribution in [1.29, 1.82) is 0 Å². The number of nitrogens with two attached hydrogens (primary N) is 1. The zero-order chi connectivity index (χ0) is 10.5. The highest BCUT2D eigenvalue weighted by molar-refractivity contribution is 5.53. The minimum absolute atomic E-state index is 0.698. The summed E-state index contributed by atoms with van der Waals surface area (Å²) >= 11 is 0. The van der Waals surface area contributed by atoms with Gasteiger partial charge in [-0.1, -0.05) is 0 Å². The smallest absolute Gasteiger partial charge is 0.179 e. The molecule has 15 heavy (non-hydrogen) atoms. The molecular formula is C11H15N3O. The molecule has 2 rings (SSSR count). The van der Waals surface area contributed by atoms with Crippen LogP contribution < -0.4 is 10.5 Å². The van der Waals surface area contributed by atoms with Crippen LogP contribution in [0, 0.1) is 0 Å². The molecular weight excluding hydrogens is 190 g/mol. The van der Waals surface area contributed by atoms with E-state index in [1.54, 1.807) is 6.20 Å². The van der Waals surface area contributed by atoms with Gasteiger partial charge in [-0.2, -0.15) is 0 Å². The third-order valence-corrected chi connectivity index (χ3v) is 2.24. The maximum absolute atomic E-state index is 5.64. The van der Waals surface area contributed by atoms with Crippen LogP contribution in [0.15, 0.2) is 30.7 Å². The summed E-state index contributed by atoms with van der Waals surface area (Å²) in [6, 6.07) is 3.89. The highest BCUT2D eigenvalue weighted by Gasteiger charge is 2.01. The predicted octanol–water partition coefficient (Wildman–Crippen LogP) is 1.45. The lowest BCUT2D eigenvalue weighted by molar-refractivity contribution is 0.309. The predicted molar refractivity (Wildman–Crippen MR) is 59.0 cm³/mol. The fraction of sp³-hybridized carbons (Fsp3) is 0.364. The number of rotatable bonds is 5. The Morgan fingerprint density at radius 2 is 2.27 bits per heavy atom. The molecule has 0 fully saturated rings. The molecule has 0 bridgehead atoms. The first kappa shape index (κ1) is 9.98. The minimum Gasteiger partial charge on any atom is -0.490 e. The van der Waals surface area contributed by atoms with Gasteiger partial charge >= 0.3 is 0 Å². The van der Waals surface area contributed by atoms with Gasteiger partial charge in [-0.25, -0.2) is 4.98 Å². The van der Waals surface area contributed by atoms with E-state index in [1.807, 2.05) is 28.9 Å². The first-order chi connectivity index (χ1) is 7.42. The quantitative estimate of drug-likeness (QED) is 0.752. The zero-order valence-corrected chi connectivity index (χ0v) is 8.60. The SMILES string of the molecule is NCCCCOc1cccn2ccnc12. The minimum atomic E-state index is 0.698. The summed E-state index contributed by atoms with van der Waals surface area (Å²) in [7, 11) is 0. The molecule has 0 saturated carbocycles.